The molecule has 2 N–H and O–H groups in total. The van der Waals surface area contributed by atoms with Crippen molar-refractivity contribution in [2.24, 2.45) is 0 Å². The van der Waals surface area contributed by atoms with Crippen LogP contribution in [0.2, 0.25) is 0 Å². The van der Waals surface area contributed by atoms with E-state index in [9.17, 15) is 9.18 Å². The van der Waals surface area contributed by atoms with Crippen molar-refractivity contribution in [3.63, 3.8) is 0 Å². The van der Waals surface area contributed by atoms with Crippen molar-refractivity contribution in [2.45, 2.75) is 6.42 Å². The van der Waals surface area contributed by atoms with E-state index in [4.69, 9.17) is 4.74 Å². The van der Waals surface area contributed by atoms with Crippen LogP contribution in [0.15, 0.2) is 42.6 Å². The van der Waals surface area contributed by atoms with Gasteiger partial charge in [0.15, 0.2) is 11.6 Å². The molecule has 144 valence electrons. The molecule has 6 nitrogen and oxygen atoms in total. The number of aromatic nitrogens is 2. The second-order valence-electron chi connectivity index (χ2n) is 6.60. The van der Waals surface area contributed by atoms with Gasteiger partial charge in [-0.15, -0.1) is 0 Å². The first-order valence-electron chi connectivity index (χ1n) is 9.09. The van der Waals surface area contributed by atoms with Crippen LogP contribution >= 0.6 is 0 Å². The highest BCUT2D eigenvalue weighted by atomic mass is 19.1. The number of carbonyl (C=O) groups is 1. The fourth-order valence-corrected chi connectivity index (χ4v) is 3.62. The number of hydrogen-bond acceptors (Lipinski definition) is 3. The summed E-state index contributed by atoms with van der Waals surface area (Å²) >= 11 is 0. The molecular formula is C21H21FN4O2. The number of urea groups is 1. The molecule has 0 radical (unpaired) electrons. The number of nitrogens with one attached hydrogen (secondary N) is 2. The number of methoxy groups -OCH3 is 1. The normalized spacial score (nSPS) is 14.1. The lowest BCUT2D eigenvalue weighted by atomic mass is 10.0. The minimum absolute atomic E-state index is 0.0749. The molecule has 0 atom stereocenters. The Morgan fingerprint density at radius 1 is 1.32 bits per heavy atom. The molecule has 3 heterocycles. The molecule has 1 aromatic carbocycles. The summed E-state index contributed by atoms with van der Waals surface area (Å²) in [5.74, 6) is -0.180. The van der Waals surface area contributed by atoms with Crippen molar-refractivity contribution >= 4 is 22.6 Å². The number of para-hydroxylation sites is 1. The number of carbonyl (C=O) groups excluding carboxylic acids is 1. The van der Waals surface area contributed by atoms with Crippen LogP contribution < -0.4 is 10.1 Å². The number of rotatable bonds is 3. The molecule has 0 saturated heterocycles. The number of H-pyrrole nitrogens is 1. The van der Waals surface area contributed by atoms with Crippen molar-refractivity contribution in [1.82, 2.24) is 20.2 Å². The van der Waals surface area contributed by atoms with Gasteiger partial charge in [0.2, 0.25) is 0 Å². The summed E-state index contributed by atoms with van der Waals surface area (Å²) in [7, 11) is 3.10. The predicted octanol–water partition coefficient (Wildman–Crippen LogP) is 3.81. The molecule has 0 aliphatic carbocycles. The summed E-state index contributed by atoms with van der Waals surface area (Å²) in [5, 5.41) is 3.55. The molecule has 0 saturated carbocycles. The summed E-state index contributed by atoms with van der Waals surface area (Å²) in [6, 6.07) is 8.71. The van der Waals surface area contributed by atoms with Crippen LogP contribution in [-0.4, -0.2) is 48.1 Å². The van der Waals surface area contributed by atoms with Gasteiger partial charge in [-0.2, -0.15) is 0 Å². The lowest BCUT2D eigenvalue weighted by molar-refractivity contribution is 0.205. The first-order valence-corrected chi connectivity index (χ1v) is 9.09. The average molecular weight is 380 g/mol. The highest BCUT2D eigenvalue weighted by Crippen LogP contribution is 2.37. The molecule has 1 aliphatic heterocycles. The van der Waals surface area contributed by atoms with E-state index in [0.717, 1.165) is 34.3 Å². The third kappa shape index (κ3) is 3.09. The van der Waals surface area contributed by atoms with Crippen molar-refractivity contribution in [3.8, 4) is 16.9 Å². The standard InChI is InChI=1S/C21H21FN4O2/c1-23-21(27)26-10-7-13(8-11-26)18-12-16-14(6-9-24-20(16)25-18)15-4-3-5-17(22)19(15)28-2/h3-7,9,12H,8,10-11H2,1-2H3,(H,23,27)(H,24,25). The quantitative estimate of drug-likeness (QED) is 0.726. The first kappa shape index (κ1) is 18.0. The maximum Gasteiger partial charge on any atom is 0.317 e. The van der Waals surface area contributed by atoms with E-state index >= 15 is 0 Å². The topological polar surface area (TPSA) is 70.2 Å². The summed E-state index contributed by atoms with van der Waals surface area (Å²) in [6.07, 6.45) is 4.50. The number of aromatic amines is 1. The van der Waals surface area contributed by atoms with Crippen LogP contribution in [0.25, 0.3) is 27.7 Å². The molecule has 0 bridgehead atoms. The van der Waals surface area contributed by atoms with Crippen molar-refractivity contribution in [1.29, 1.82) is 0 Å². The summed E-state index contributed by atoms with van der Waals surface area (Å²) in [4.78, 5) is 21.3. The molecule has 3 aromatic rings. The Kier molecular flexibility index (Phi) is 4.73. The molecule has 7 heteroatoms. The number of nitrogens with zero attached hydrogens (tertiary/aromatic N) is 2. The molecule has 0 spiro atoms. The van der Waals surface area contributed by atoms with Gasteiger partial charge >= 0.3 is 6.03 Å². The maximum absolute atomic E-state index is 14.2. The van der Waals surface area contributed by atoms with Crippen LogP contribution in [0.5, 0.6) is 5.75 Å². The zero-order valence-electron chi connectivity index (χ0n) is 15.8. The van der Waals surface area contributed by atoms with Gasteiger partial charge in [-0.05, 0) is 35.8 Å². The third-order valence-corrected chi connectivity index (χ3v) is 5.05. The fraction of sp³-hybridized carbons (Fsp3) is 0.238. The first-order chi connectivity index (χ1) is 13.6. The second-order valence-corrected chi connectivity index (χ2v) is 6.60. The summed E-state index contributed by atoms with van der Waals surface area (Å²) in [5.41, 5.74) is 4.36. The van der Waals surface area contributed by atoms with E-state index in [-0.39, 0.29) is 11.8 Å². The van der Waals surface area contributed by atoms with Crippen molar-refractivity contribution in [2.75, 3.05) is 27.2 Å². The zero-order chi connectivity index (χ0) is 19.7. The SMILES string of the molecule is CNC(=O)N1CC=C(c2cc3c(-c4cccc(F)c4OC)ccnc3[nH]2)CC1. The zero-order valence-corrected chi connectivity index (χ0v) is 15.8. The van der Waals surface area contributed by atoms with E-state index in [2.05, 4.69) is 15.3 Å². The Bertz CT molecular complexity index is 1070. The highest BCUT2D eigenvalue weighted by molar-refractivity contribution is 5.96. The molecule has 1 aliphatic rings. The van der Waals surface area contributed by atoms with E-state index in [0.29, 0.717) is 18.7 Å². The Hall–Kier alpha value is -3.35. The van der Waals surface area contributed by atoms with Gasteiger partial charge in [0.05, 0.1) is 7.11 Å². The van der Waals surface area contributed by atoms with E-state index in [1.165, 1.54) is 13.2 Å². The summed E-state index contributed by atoms with van der Waals surface area (Å²) < 4.78 is 19.5. The third-order valence-electron chi connectivity index (χ3n) is 5.05. The maximum atomic E-state index is 14.2. The van der Waals surface area contributed by atoms with Crippen LogP contribution in [0, 0.1) is 5.82 Å². The van der Waals surface area contributed by atoms with Gasteiger partial charge < -0.3 is 19.9 Å². The second kappa shape index (κ2) is 7.34. The smallest absolute Gasteiger partial charge is 0.317 e. The lowest BCUT2D eigenvalue weighted by Gasteiger charge is -2.25. The molecule has 4 rings (SSSR count). The van der Waals surface area contributed by atoms with Gasteiger partial charge in [0.1, 0.15) is 5.65 Å². The Morgan fingerprint density at radius 2 is 2.18 bits per heavy atom. The number of fused-ring (bicyclic) bond motifs is 1. The van der Waals surface area contributed by atoms with Gasteiger partial charge in [0.25, 0.3) is 0 Å². The Labute approximate surface area is 162 Å². The molecule has 2 amide bonds. The number of hydrogen-bond donors (Lipinski definition) is 2. The van der Waals surface area contributed by atoms with Gasteiger partial charge in [-0.25, -0.2) is 14.2 Å². The number of amides is 2. The molecule has 0 fully saturated rings. The van der Waals surface area contributed by atoms with Crippen LogP contribution in [-0.2, 0) is 0 Å². The number of benzene rings is 1. The Morgan fingerprint density at radius 3 is 2.89 bits per heavy atom. The van der Waals surface area contributed by atoms with Crippen LogP contribution in [0.4, 0.5) is 9.18 Å². The molecule has 0 unspecified atom stereocenters. The minimum Gasteiger partial charge on any atom is -0.493 e. The van der Waals surface area contributed by atoms with E-state index in [1.54, 1.807) is 24.2 Å². The number of ether oxygens (including phenoxy) is 1. The van der Waals surface area contributed by atoms with Gasteiger partial charge in [0, 0.05) is 43.0 Å². The monoisotopic (exact) mass is 380 g/mol. The molecule has 28 heavy (non-hydrogen) atoms. The average Bonchev–Trinajstić information content (AvgIpc) is 3.17. The van der Waals surface area contributed by atoms with Gasteiger partial charge in [-0.1, -0.05) is 18.2 Å². The highest BCUT2D eigenvalue weighted by Gasteiger charge is 2.19. The largest absolute Gasteiger partial charge is 0.493 e. The molecular weight excluding hydrogens is 359 g/mol. The van der Waals surface area contributed by atoms with Gasteiger partial charge in [-0.3, -0.25) is 0 Å². The Balaban J connectivity index is 1.74. The van der Waals surface area contributed by atoms with Crippen molar-refractivity contribution < 1.29 is 13.9 Å². The van der Waals surface area contributed by atoms with E-state index in [1.807, 2.05) is 24.3 Å². The number of halogens is 1. The predicted molar refractivity (Wildman–Crippen MR) is 107 cm³/mol. The van der Waals surface area contributed by atoms with Crippen molar-refractivity contribution in [3.05, 3.63) is 54.1 Å². The van der Waals surface area contributed by atoms with Crippen LogP contribution in [0.3, 0.4) is 0 Å². The minimum atomic E-state index is -0.398. The lowest BCUT2D eigenvalue weighted by Crippen LogP contribution is -2.40. The fourth-order valence-electron chi connectivity index (χ4n) is 3.62. The van der Waals surface area contributed by atoms with E-state index < -0.39 is 5.82 Å². The van der Waals surface area contributed by atoms with Crippen LogP contribution in [0.1, 0.15) is 12.1 Å². The molecule has 2 aromatic heterocycles. The summed E-state index contributed by atoms with van der Waals surface area (Å²) in [6.45, 7) is 1.21. The number of pyridine rings is 1.